The quantitative estimate of drug-likeness (QED) is 0.501. The molecular weight excluding hydrogens is 348 g/mol. The first-order chi connectivity index (χ1) is 13.1. The number of benzene rings is 1. The summed E-state index contributed by atoms with van der Waals surface area (Å²) in [4.78, 5) is 20.4. The number of hydrogen-bond donors (Lipinski definition) is 3. The number of anilines is 3. The average Bonchev–Trinajstić information content (AvgIpc) is 3.21. The van der Waals surface area contributed by atoms with Crippen LogP contribution in [0, 0.1) is 6.92 Å². The first-order valence-corrected chi connectivity index (χ1v) is 8.60. The summed E-state index contributed by atoms with van der Waals surface area (Å²) in [5.74, 6) is 1.06. The Labute approximate surface area is 153 Å². The third kappa shape index (κ3) is 2.73. The van der Waals surface area contributed by atoms with Crippen molar-refractivity contribution in [3.05, 3.63) is 36.2 Å². The first kappa shape index (κ1) is 15.6. The molecule has 0 spiro atoms. The Balaban J connectivity index is 1.54. The maximum atomic E-state index is 11.4. The van der Waals surface area contributed by atoms with Crippen molar-refractivity contribution in [2.75, 3.05) is 10.6 Å². The van der Waals surface area contributed by atoms with Crippen LogP contribution in [0.4, 0.5) is 22.2 Å². The third-order valence-corrected chi connectivity index (χ3v) is 4.52. The van der Waals surface area contributed by atoms with Crippen LogP contribution in [0.5, 0.6) is 0 Å². The van der Waals surface area contributed by atoms with Crippen molar-refractivity contribution in [2.24, 2.45) is 0 Å². The van der Waals surface area contributed by atoms with Gasteiger partial charge in [-0.2, -0.15) is 14.8 Å². The molecule has 0 atom stereocenters. The Kier molecular flexibility index (Phi) is 3.30. The second kappa shape index (κ2) is 5.70. The Hall–Kier alpha value is -3.62. The molecule has 27 heavy (non-hydrogen) atoms. The summed E-state index contributed by atoms with van der Waals surface area (Å²) < 4.78 is 6.46. The van der Waals surface area contributed by atoms with Crippen LogP contribution in [0.3, 0.4) is 0 Å². The minimum absolute atomic E-state index is 0.407. The molecule has 0 aliphatic heterocycles. The number of carboxylic acid groups (broad SMARTS) is 1. The maximum absolute atomic E-state index is 11.4. The van der Waals surface area contributed by atoms with Crippen molar-refractivity contribution in [3.63, 3.8) is 0 Å². The van der Waals surface area contributed by atoms with Gasteiger partial charge in [-0.25, -0.2) is 9.78 Å². The van der Waals surface area contributed by atoms with Gasteiger partial charge in [-0.1, -0.05) is 0 Å². The molecule has 1 saturated carbocycles. The molecule has 0 saturated heterocycles. The number of nitrogens with zero attached hydrogens (tertiary/aromatic N) is 4. The second-order valence-corrected chi connectivity index (χ2v) is 6.59. The van der Waals surface area contributed by atoms with Crippen LogP contribution in [0.25, 0.3) is 22.0 Å². The van der Waals surface area contributed by atoms with Gasteiger partial charge >= 0.3 is 6.09 Å². The number of carbonyl (C=O) groups is 1. The topological polar surface area (TPSA) is 118 Å². The molecule has 1 aromatic carbocycles. The lowest BCUT2D eigenvalue weighted by atomic mass is 10.2. The summed E-state index contributed by atoms with van der Waals surface area (Å²) in [6, 6.07) is 7.61. The van der Waals surface area contributed by atoms with Gasteiger partial charge in [0.15, 0.2) is 11.4 Å². The molecule has 136 valence electrons. The zero-order valence-corrected chi connectivity index (χ0v) is 14.4. The van der Waals surface area contributed by atoms with Crippen molar-refractivity contribution >= 4 is 45.5 Å². The van der Waals surface area contributed by atoms with E-state index in [2.05, 4.69) is 25.7 Å². The Morgan fingerprint density at radius 3 is 2.93 bits per heavy atom. The highest BCUT2D eigenvalue weighted by Crippen LogP contribution is 2.30. The molecule has 4 aromatic rings. The SMILES string of the molecule is Cc1nn(C(=O)O)c2cc(Nc3nc(NC4CC4)c4occc4n3)ccc12. The molecular formula is C18H16N6O3. The van der Waals surface area contributed by atoms with E-state index in [1.54, 1.807) is 25.3 Å². The van der Waals surface area contributed by atoms with Crippen molar-refractivity contribution in [1.29, 1.82) is 0 Å². The minimum Gasteiger partial charge on any atom is -0.463 e. The second-order valence-electron chi connectivity index (χ2n) is 6.59. The molecule has 1 aliphatic rings. The van der Waals surface area contributed by atoms with Crippen molar-refractivity contribution < 1.29 is 14.3 Å². The van der Waals surface area contributed by atoms with E-state index in [0.717, 1.165) is 22.9 Å². The molecule has 1 fully saturated rings. The molecule has 0 bridgehead atoms. The Morgan fingerprint density at radius 2 is 2.15 bits per heavy atom. The van der Waals surface area contributed by atoms with E-state index in [1.807, 2.05) is 12.1 Å². The molecule has 3 heterocycles. The van der Waals surface area contributed by atoms with E-state index in [-0.39, 0.29) is 0 Å². The summed E-state index contributed by atoms with van der Waals surface area (Å²) in [6.07, 6.45) is 2.69. The fourth-order valence-corrected chi connectivity index (χ4v) is 3.06. The maximum Gasteiger partial charge on any atom is 0.432 e. The molecule has 3 aromatic heterocycles. The largest absolute Gasteiger partial charge is 0.463 e. The molecule has 0 amide bonds. The predicted octanol–water partition coefficient (Wildman–Crippen LogP) is 3.72. The minimum atomic E-state index is -1.13. The van der Waals surface area contributed by atoms with Crippen molar-refractivity contribution in [3.8, 4) is 0 Å². The summed E-state index contributed by atoms with van der Waals surface area (Å²) in [5, 5.41) is 20.7. The highest BCUT2D eigenvalue weighted by atomic mass is 16.4. The van der Waals surface area contributed by atoms with E-state index in [0.29, 0.717) is 45.8 Å². The van der Waals surface area contributed by atoms with Gasteiger partial charge in [0.25, 0.3) is 0 Å². The van der Waals surface area contributed by atoms with Crippen LogP contribution < -0.4 is 10.6 Å². The van der Waals surface area contributed by atoms with Gasteiger partial charge in [0, 0.05) is 23.2 Å². The molecule has 0 radical (unpaired) electrons. The summed E-state index contributed by atoms with van der Waals surface area (Å²) >= 11 is 0. The Bertz CT molecular complexity index is 1190. The van der Waals surface area contributed by atoms with Crippen LogP contribution in [0.15, 0.2) is 34.9 Å². The van der Waals surface area contributed by atoms with Gasteiger partial charge in [-0.3, -0.25) is 0 Å². The average molecular weight is 364 g/mol. The number of rotatable bonds is 4. The summed E-state index contributed by atoms with van der Waals surface area (Å²) in [5.41, 5.74) is 3.16. The monoisotopic (exact) mass is 364 g/mol. The van der Waals surface area contributed by atoms with Gasteiger partial charge in [-0.15, -0.1) is 0 Å². The third-order valence-electron chi connectivity index (χ3n) is 4.52. The van der Waals surface area contributed by atoms with Gasteiger partial charge in [0.2, 0.25) is 5.95 Å². The van der Waals surface area contributed by atoms with Gasteiger partial charge in [0.1, 0.15) is 5.52 Å². The van der Waals surface area contributed by atoms with Crippen LogP contribution >= 0.6 is 0 Å². The zero-order valence-electron chi connectivity index (χ0n) is 14.4. The van der Waals surface area contributed by atoms with Crippen molar-refractivity contribution in [2.45, 2.75) is 25.8 Å². The van der Waals surface area contributed by atoms with Gasteiger partial charge in [-0.05, 0) is 38.0 Å². The smallest absolute Gasteiger partial charge is 0.432 e. The molecule has 0 unspecified atom stereocenters. The number of aryl methyl sites for hydroxylation is 1. The lowest BCUT2D eigenvalue weighted by Gasteiger charge is -2.09. The highest BCUT2D eigenvalue weighted by molar-refractivity contribution is 5.92. The van der Waals surface area contributed by atoms with Crippen LogP contribution in [0.2, 0.25) is 0 Å². The zero-order chi connectivity index (χ0) is 18.5. The fraction of sp³-hybridized carbons (Fsp3) is 0.222. The van der Waals surface area contributed by atoms with E-state index >= 15 is 0 Å². The van der Waals surface area contributed by atoms with E-state index in [1.165, 1.54) is 0 Å². The summed E-state index contributed by atoms with van der Waals surface area (Å²) in [6.45, 7) is 1.78. The molecule has 5 rings (SSSR count). The van der Waals surface area contributed by atoms with Crippen LogP contribution in [-0.4, -0.2) is 37.0 Å². The van der Waals surface area contributed by atoms with Crippen LogP contribution in [0.1, 0.15) is 18.5 Å². The fourth-order valence-electron chi connectivity index (χ4n) is 3.06. The van der Waals surface area contributed by atoms with E-state index in [4.69, 9.17) is 4.42 Å². The van der Waals surface area contributed by atoms with Crippen LogP contribution in [-0.2, 0) is 0 Å². The number of furan rings is 1. The number of aromatic nitrogens is 4. The van der Waals surface area contributed by atoms with E-state index < -0.39 is 6.09 Å². The van der Waals surface area contributed by atoms with Crippen molar-refractivity contribution in [1.82, 2.24) is 19.7 Å². The number of nitrogens with one attached hydrogen (secondary N) is 2. The molecule has 9 nitrogen and oxygen atoms in total. The highest BCUT2D eigenvalue weighted by Gasteiger charge is 2.24. The van der Waals surface area contributed by atoms with Gasteiger partial charge in [0.05, 0.1) is 17.5 Å². The molecule has 3 N–H and O–H groups in total. The number of fused-ring (bicyclic) bond motifs is 2. The summed E-state index contributed by atoms with van der Waals surface area (Å²) in [7, 11) is 0. The predicted molar refractivity (Wildman–Crippen MR) is 99.6 cm³/mol. The number of hydrogen-bond acceptors (Lipinski definition) is 7. The lowest BCUT2D eigenvalue weighted by molar-refractivity contribution is 0.194. The molecule has 9 heteroatoms. The first-order valence-electron chi connectivity index (χ1n) is 8.60. The lowest BCUT2D eigenvalue weighted by Crippen LogP contribution is -2.09. The standard InChI is InChI=1S/C18H16N6O3/c1-9-12-5-4-11(8-14(12)24(23-9)18(25)26)20-17-21-13-6-7-27-15(13)16(22-17)19-10-2-3-10/h4-8,10H,2-3H2,1H3,(H,25,26)(H2,19,20,21,22). The Morgan fingerprint density at radius 1 is 1.30 bits per heavy atom. The van der Waals surface area contributed by atoms with E-state index in [9.17, 15) is 9.90 Å². The normalized spacial score (nSPS) is 14.0. The van der Waals surface area contributed by atoms with Gasteiger partial charge < -0.3 is 20.2 Å². The molecule has 1 aliphatic carbocycles.